The van der Waals surface area contributed by atoms with E-state index in [0.29, 0.717) is 18.8 Å². The minimum atomic E-state index is -3.93. The highest BCUT2D eigenvalue weighted by Crippen LogP contribution is 2.32. The number of ether oxygens (including phenoxy) is 1. The molecule has 0 amide bonds. The fourth-order valence-corrected chi connectivity index (χ4v) is 6.10. The first-order valence-corrected chi connectivity index (χ1v) is 14.3. The second kappa shape index (κ2) is 10.4. The molecule has 9 nitrogen and oxygen atoms in total. The Labute approximate surface area is 213 Å². The van der Waals surface area contributed by atoms with Crippen LogP contribution in [0.25, 0.3) is 0 Å². The summed E-state index contributed by atoms with van der Waals surface area (Å²) in [6.07, 6.45) is 0. The highest BCUT2D eigenvalue weighted by atomic mass is 32.2. The molecule has 1 aliphatic rings. The van der Waals surface area contributed by atoms with Gasteiger partial charge >= 0.3 is 0 Å². The number of anilines is 3. The number of nitrogens with zero attached hydrogens (tertiary/aromatic N) is 3. The van der Waals surface area contributed by atoms with E-state index in [9.17, 15) is 16.8 Å². The van der Waals surface area contributed by atoms with E-state index in [1.165, 1.54) is 38.4 Å². The summed E-state index contributed by atoms with van der Waals surface area (Å²) >= 11 is 0. The van der Waals surface area contributed by atoms with Gasteiger partial charge in [0, 0.05) is 40.3 Å². The zero-order chi connectivity index (χ0) is 25.9. The number of nitrogens with one attached hydrogen (secondary N) is 1. The SMILES string of the molecule is COc1ccccc1N1CCN(c2ccccc2NS(=O)(=O)c2ccc(S(=O)(=O)N(C)C)cc2)CC1. The van der Waals surface area contributed by atoms with E-state index in [1.54, 1.807) is 19.2 Å². The van der Waals surface area contributed by atoms with Crippen LogP contribution in [0.3, 0.4) is 0 Å². The Morgan fingerprint density at radius 3 is 1.81 bits per heavy atom. The average molecular weight is 531 g/mol. The second-order valence-corrected chi connectivity index (χ2v) is 12.4. The summed E-state index contributed by atoms with van der Waals surface area (Å²) in [4.78, 5) is 4.41. The van der Waals surface area contributed by atoms with Crippen molar-refractivity contribution in [1.82, 2.24) is 4.31 Å². The van der Waals surface area contributed by atoms with Crippen LogP contribution in [0.15, 0.2) is 82.6 Å². The molecule has 1 fully saturated rings. The van der Waals surface area contributed by atoms with Crippen molar-refractivity contribution in [2.24, 2.45) is 0 Å². The van der Waals surface area contributed by atoms with Crippen molar-refractivity contribution < 1.29 is 21.6 Å². The standard InChI is InChI=1S/C25H30N4O5S2/c1-27(2)36(32,33)21-14-12-20(13-15-21)35(30,31)26-22-8-4-5-9-23(22)28-16-18-29(19-17-28)24-10-6-7-11-25(24)34-3/h4-15,26H,16-19H2,1-3H3. The molecule has 3 aromatic carbocycles. The second-order valence-electron chi connectivity index (χ2n) is 8.53. The molecule has 0 aliphatic carbocycles. The van der Waals surface area contributed by atoms with Gasteiger partial charge in [0.1, 0.15) is 5.75 Å². The van der Waals surface area contributed by atoms with Crippen molar-refractivity contribution in [3.8, 4) is 5.75 Å². The highest BCUT2D eigenvalue weighted by molar-refractivity contribution is 7.92. The number of rotatable bonds is 8. The van der Waals surface area contributed by atoms with Crippen LogP contribution in [-0.4, -0.2) is 68.5 Å². The summed E-state index contributed by atoms with van der Waals surface area (Å²) in [5.74, 6) is 0.823. The molecule has 11 heteroatoms. The third-order valence-corrected chi connectivity index (χ3v) is 9.32. The molecule has 0 bridgehead atoms. The molecular weight excluding hydrogens is 500 g/mol. The van der Waals surface area contributed by atoms with E-state index in [4.69, 9.17) is 4.74 Å². The van der Waals surface area contributed by atoms with Gasteiger partial charge in [-0.1, -0.05) is 24.3 Å². The summed E-state index contributed by atoms with van der Waals surface area (Å²) in [7, 11) is -3.07. The first-order valence-electron chi connectivity index (χ1n) is 11.4. The molecule has 0 spiro atoms. The van der Waals surface area contributed by atoms with Gasteiger partial charge in [0.15, 0.2) is 0 Å². The van der Waals surface area contributed by atoms with Gasteiger partial charge in [-0.3, -0.25) is 4.72 Å². The molecule has 36 heavy (non-hydrogen) atoms. The van der Waals surface area contributed by atoms with Gasteiger partial charge in [-0.05, 0) is 48.5 Å². The van der Waals surface area contributed by atoms with Gasteiger partial charge in [0.2, 0.25) is 10.0 Å². The average Bonchev–Trinajstić information content (AvgIpc) is 2.89. The van der Waals surface area contributed by atoms with Crippen LogP contribution in [0.1, 0.15) is 0 Å². The van der Waals surface area contributed by atoms with Gasteiger partial charge in [0.25, 0.3) is 10.0 Å². The molecule has 1 saturated heterocycles. The lowest BCUT2D eigenvalue weighted by Crippen LogP contribution is -2.46. The predicted molar refractivity (Wildman–Crippen MR) is 142 cm³/mol. The maximum atomic E-state index is 13.1. The highest BCUT2D eigenvalue weighted by Gasteiger charge is 2.24. The molecule has 192 valence electrons. The minimum absolute atomic E-state index is 0.0176. The number of sulfonamides is 2. The molecule has 0 aromatic heterocycles. The molecule has 0 saturated carbocycles. The molecular formula is C25H30N4O5S2. The van der Waals surface area contributed by atoms with E-state index in [1.807, 2.05) is 36.4 Å². The Morgan fingerprint density at radius 2 is 1.22 bits per heavy atom. The van der Waals surface area contributed by atoms with E-state index in [2.05, 4.69) is 14.5 Å². The predicted octanol–water partition coefficient (Wildman–Crippen LogP) is 3.07. The van der Waals surface area contributed by atoms with E-state index in [-0.39, 0.29) is 9.79 Å². The Kier molecular flexibility index (Phi) is 7.43. The molecule has 1 N–H and O–H groups in total. The summed E-state index contributed by atoms with van der Waals surface area (Å²) in [5, 5.41) is 0. The largest absolute Gasteiger partial charge is 0.495 e. The van der Waals surface area contributed by atoms with Gasteiger partial charge < -0.3 is 14.5 Å². The monoisotopic (exact) mass is 530 g/mol. The Bertz CT molecular complexity index is 1420. The minimum Gasteiger partial charge on any atom is -0.495 e. The Morgan fingerprint density at radius 1 is 0.722 bits per heavy atom. The number of benzene rings is 3. The topological polar surface area (TPSA) is 99.3 Å². The van der Waals surface area contributed by atoms with E-state index in [0.717, 1.165) is 34.5 Å². The van der Waals surface area contributed by atoms with Gasteiger partial charge in [-0.25, -0.2) is 21.1 Å². The van der Waals surface area contributed by atoms with Crippen molar-refractivity contribution in [2.45, 2.75) is 9.79 Å². The third-order valence-electron chi connectivity index (χ3n) is 6.11. The lowest BCUT2D eigenvalue weighted by atomic mass is 10.2. The Balaban J connectivity index is 1.51. The van der Waals surface area contributed by atoms with E-state index >= 15 is 0 Å². The number of piperazine rings is 1. The molecule has 0 radical (unpaired) electrons. The van der Waals surface area contributed by atoms with Gasteiger partial charge in [0.05, 0.1) is 34.0 Å². The molecule has 0 unspecified atom stereocenters. The molecule has 1 heterocycles. The maximum absolute atomic E-state index is 13.1. The van der Waals surface area contributed by atoms with Crippen LogP contribution in [-0.2, 0) is 20.0 Å². The summed E-state index contributed by atoms with van der Waals surface area (Å²) in [6, 6.07) is 20.4. The first-order chi connectivity index (χ1) is 17.1. The first kappa shape index (κ1) is 25.8. The fourth-order valence-electron chi connectivity index (χ4n) is 4.12. The molecule has 0 atom stereocenters. The van der Waals surface area contributed by atoms with Crippen molar-refractivity contribution in [1.29, 1.82) is 0 Å². The summed E-state index contributed by atoms with van der Waals surface area (Å²) in [6.45, 7) is 2.91. The lowest BCUT2D eigenvalue weighted by molar-refractivity contribution is 0.413. The third kappa shape index (κ3) is 5.28. The van der Waals surface area contributed by atoms with Gasteiger partial charge in [-0.2, -0.15) is 0 Å². The normalized spacial score (nSPS) is 14.7. The van der Waals surface area contributed by atoms with Gasteiger partial charge in [-0.15, -0.1) is 0 Å². The van der Waals surface area contributed by atoms with Crippen molar-refractivity contribution >= 4 is 37.1 Å². The lowest BCUT2D eigenvalue weighted by Gasteiger charge is -2.38. The zero-order valence-corrected chi connectivity index (χ0v) is 22.1. The summed E-state index contributed by atoms with van der Waals surface area (Å²) in [5.41, 5.74) is 2.29. The zero-order valence-electron chi connectivity index (χ0n) is 20.5. The quantitative estimate of drug-likeness (QED) is 0.478. The van der Waals surface area contributed by atoms with Crippen molar-refractivity contribution in [3.63, 3.8) is 0 Å². The van der Waals surface area contributed by atoms with Crippen LogP contribution in [0.4, 0.5) is 17.1 Å². The number of para-hydroxylation sites is 4. The number of hydrogen-bond donors (Lipinski definition) is 1. The number of hydrogen-bond acceptors (Lipinski definition) is 7. The van der Waals surface area contributed by atoms with Crippen LogP contribution in [0, 0.1) is 0 Å². The van der Waals surface area contributed by atoms with Crippen LogP contribution < -0.4 is 19.3 Å². The summed E-state index contributed by atoms with van der Waals surface area (Å²) < 4.78 is 60.1. The fraction of sp³-hybridized carbons (Fsp3) is 0.280. The molecule has 3 aromatic rings. The maximum Gasteiger partial charge on any atom is 0.261 e. The number of methoxy groups -OCH3 is 1. The van der Waals surface area contributed by atoms with E-state index < -0.39 is 20.0 Å². The Hall–Kier alpha value is -3.28. The molecule has 1 aliphatic heterocycles. The van der Waals surface area contributed by atoms with Crippen molar-refractivity contribution in [3.05, 3.63) is 72.8 Å². The van der Waals surface area contributed by atoms with Crippen LogP contribution >= 0.6 is 0 Å². The van der Waals surface area contributed by atoms with Crippen LogP contribution in [0.5, 0.6) is 5.75 Å². The van der Waals surface area contributed by atoms with Crippen LogP contribution in [0.2, 0.25) is 0 Å². The molecule has 4 rings (SSSR count). The van der Waals surface area contributed by atoms with Crippen molar-refractivity contribution in [2.75, 3.05) is 61.9 Å². The smallest absolute Gasteiger partial charge is 0.261 e.